The predicted octanol–water partition coefficient (Wildman–Crippen LogP) is 3.16. The summed E-state index contributed by atoms with van der Waals surface area (Å²) < 4.78 is 10.7. The van der Waals surface area contributed by atoms with Gasteiger partial charge in [-0.05, 0) is 30.7 Å². The number of halogens is 1. The molecule has 2 aromatic rings. The fraction of sp³-hybridized carbons (Fsp3) is 0.154. The summed E-state index contributed by atoms with van der Waals surface area (Å²) >= 11 is 5.88. The predicted molar refractivity (Wildman–Crippen MR) is 66.8 cm³/mol. The van der Waals surface area contributed by atoms with Crippen molar-refractivity contribution in [2.45, 2.75) is 6.92 Å². The quantitative estimate of drug-likeness (QED) is 0.673. The van der Waals surface area contributed by atoms with Gasteiger partial charge in [-0.15, -0.1) is 0 Å². The molecule has 0 saturated carbocycles. The molecule has 0 unspecified atom stereocenters. The van der Waals surface area contributed by atoms with E-state index in [0.717, 1.165) is 22.3 Å². The van der Waals surface area contributed by atoms with Gasteiger partial charge >= 0.3 is 5.63 Å². The number of ether oxygens (including phenoxy) is 1. The van der Waals surface area contributed by atoms with Gasteiger partial charge in [0.2, 0.25) is 0 Å². The molecule has 1 aromatic heterocycles. The second-order valence-corrected chi connectivity index (χ2v) is 4.31. The van der Waals surface area contributed by atoms with Crippen LogP contribution in [0.4, 0.5) is 0 Å². The van der Waals surface area contributed by atoms with Crippen LogP contribution >= 0.6 is 11.6 Å². The maximum Gasteiger partial charge on any atom is 0.355 e. The van der Waals surface area contributed by atoms with Gasteiger partial charge in [0.15, 0.2) is 0 Å². The van der Waals surface area contributed by atoms with Crippen molar-refractivity contribution in [1.82, 2.24) is 0 Å². The monoisotopic (exact) mass is 248 g/mol. The lowest BCUT2D eigenvalue weighted by Gasteiger charge is -2.13. The topological polar surface area (TPSA) is 39.4 Å². The Balaban J connectivity index is 2.43. The molecule has 3 nitrogen and oxygen atoms in total. The van der Waals surface area contributed by atoms with E-state index in [0.29, 0.717) is 12.2 Å². The lowest BCUT2D eigenvalue weighted by atomic mass is 10.1. The van der Waals surface area contributed by atoms with Crippen LogP contribution in [0, 0.1) is 6.92 Å². The Morgan fingerprint density at radius 2 is 2.18 bits per heavy atom. The number of hydrogen-bond acceptors (Lipinski definition) is 3. The van der Waals surface area contributed by atoms with Crippen LogP contribution in [0.3, 0.4) is 0 Å². The maximum atomic E-state index is 11.5. The Kier molecular flexibility index (Phi) is 2.23. The standard InChI is InChI=1S/C13H9ClO3/c1-7-9-6-10-8(3-2-4-16-10)5-11(9)17-13(15)12(7)14/h2-3,5-6H,4H2,1H3. The summed E-state index contributed by atoms with van der Waals surface area (Å²) in [4.78, 5) is 11.5. The van der Waals surface area contributed by atoms with Gasteiger partial charge in [-0.3, -0.25) is 0 Å². The molecule has 3 rings (SSSR count). The molecule has 0 radical (unpaired) electrons. The molecule has 0 saturated heterocycles. The van der Waals surface area contributed by atoms with Crippen molar-refractivity contribution in [2.24, 2.45) is 0 Å². The molecule has 0 fully saturated rings. The van der Waals surface area contributed by atoms with Crippen molar-refractivity contribution in [3.05, 3.63) is 44.8 Å². The second kappa shape index (κ2) is 3.64. The van der Waals surface area contributed by atoms with Crippen LogP contribution < -0.4 is 10.4 Å². The first-order valence-corrected chi connectivity index (χ1v) is 5.61. The highest BCUT2D eigenvalue weighted by atomic mass is 35.5. The fourth-order valence-corrected chi connectivity index (χ4v) is 2.08. The first kappa shape index (κ1) is 10.4. The minimum absolute atomic E-state index is 0.129. The number of fused-ring (bicyclic) bond motifs is 2. The van der Waals surface area contributed by atoms with Crippen LogP contribution in [0.15, 0.2) is 27.4 Å². The summed E-state index contributed by atoms with van der Waals surface area (Å²) in [5.74, 6) is 0.785. The molecule has 0 atom stereocenters. The van der Waals surface area contributed by atoms with Crippen molar-refractivity contribution >= 4 is 28.6 Å². The average molecular weight is 249 g/mol. The highest BCUT2D eigenvalue weighted by Crippen LogP contribution is 2.31. The van der Waals surface area contributed by atoms with E-state index < -0.39 is 5.63 Å². The van der Waals surface area contributed by atoms with Crippen LogP contribution in [-0.2, 0) is 0 Å². The van der Waals surface area contributed by atoms with E-state index in [1.807, 2.05) is 18.2 Å². The zero-order valence-corrected chi connectivity index (χ0v) is 9.88. The normalized spacial score (nSPS) is 13.5. The summed E-state index contributed by atoms with van der Waals surface area (Å²) in [5, 5.41) is 0.937. The Bertz CT molecular complexity index is 698. The van der Waals surface area contributed by atoms with Crippen molar-refractivity contribution in [1.29, 1.82) is 0 Å². The van der Waals surface area contributed by atoms with Crippen molar-refractivity contribution in [3.63, 3.8) is 0 Å². The first-order chi connectivity index (χ1) is 8.16. The summed E-state index contributed by atoms with van der Waals surface area (Å²) in [6, 6.07) is 3.66. The smallest absolute Gasteiger partial charge is 0.355 e. The fourth-order valence-electron chi connectivity index (χ4n) is 1.94. The Morgan fingerprint density at radius 1 is 1.35 bits per heavy atom. The molecular formula is C13H9ClO3. The van der Waals surface area contributed by atoms with Crippen LogP contribution in [0.2, 0.25) is 5.02 Å². The molecule has 1 aliphatic heterocycles. The largest absolute Gasteiger partial charge is 0.489 e. The molecule has 4 heteroatoms. The van der Waals surface area contributed by atoms with Gasteiger partial charge in [0, 0.05) is 10.9 Å². The number of hydrogen-bond donors (Lipinski definition) is 0. The molecule has 1 aromatic carbocycles. The number of benzene rings is 1. The van der Waals surface area contributed by atoms with E-state index in [9.17, 15) is 4.79 Å². The van der Waals surface area contributed by atoms with E-state index in [-0.39, 0.29) is 5.02 Å². The third-order valence-corrected chi connectivity index (χ3v) is 3.30. The maximum absolute atomic E-state index is 11.5. The molecule has 2 heterocycles. The number of rotatable bonds is 0. The molecule has 0 spiro atoms. The number of aryl methyl sites for hydroxylation is 1. The van der Waals surface area contributed by atoms with E-state index in [1.54, 1.807) is 13.0 Å². The summed E-state index contributed by atoms with van der Waals surface area (Å²) in [6.07, 6.45) is 3.86. The molecule has 1 aliphatic rings. The van der Waals surface area contributed by atoms with Crippen molar-refractivity contribution < 1.29 is 9.15 Å². The van der Waals surface area contributed by atoms with Gasteiger partial charge < -0.3 is 9.15 Å². The molecule has 0 N–H and O–H groups in total. The van der Waals surface area contributed by atoms with Gasteiger partial charge in [-0.25, -0.2) is 4.79 Å². The molecule has 86 valence electrons. The Morgan fingerprint density at radius 3 is 3.00 bits per heavy atom. The lowest BCUT2D eigenvalue weighted by Crippen LogP contribution is -2.04. The highest BCUT2D eigenvalue weighted by Gasteiger charge is 2.13. The SMILES string of the molecule is Cc1c(Cl)c(=O)oc2cc3c(cc12)OCC=C3. The highest BCUT2D eigenvalue weighted by molar-refractivity contribution is 6.31. The van der Waals surface area contributed by atoms with Gasteiger partial charge in [0.1, 0.15) is 23.0 Å². The van der Waals surface area contributed by atoms with E-state index in [4.69, 9.17) is 20.8 Å². The minimum Gasteiger partial charge on any atom is -0.489 e. The van der Waals surface area contributed by atoms with Crippen molar-refractivity contribution in [3.8, 4) is 5.75 Å². The second-order valence-electron chi connectivity index (χ2n) is 3.93. The Labute approximate surface area is 102 Å². The van der Waals surface area contributed by atoms with Crippen LogP contribution in [-0.4, -0.2) is 6.61 Å². The van der Waals surface area contributed by atoms with E-state index in [2.05, 4.69) is 0 Å². The zero-order chi connectivity index (χ0) is 12.0. The van der Waals surface area contributed by atoms with E-state index in [1.165, 1.54) is 0 Å². The van der Waals surface area contributed by atoms with Gasteiger partial charge in [0.05, 0.1) is 0 Å². The third-order valence-electron chi connectivity index (χ3n) is 2.86. The summed E-state index contributed by atoms with van der Waals surface area (Å²) in [5.41, 5.74) is 1.66. The average Bonchev–Trinajstić information content (AvgIpc) is 2.34. The van der Waals surface area contributed by atoms with E-state index >= 15 is 0 Å². The van der Waals surface area contributed by atoms with Crippen LogP contribution in [0.1, 0.15) is 11.1 Å². The molecule has 0 bridgehead atoms. The summed E-state index contributed by atoms with van der Waals surface area (Å²) in [7, 11) is 0. The van der Waals surface area contributed by atoms with Crippen LogP contribution in [0.25, 0.3) is 17.0 Å². The van der Waals surface area contributed by atoms with Gasteiger partial charge in [-0.2, -0.15) is 0 Å². The first-order valence-electron chi connectivity index (χ1n) is 5.23. The molecule has 17 heavy (non-hydrogen) atoms. The van der Waals surface area contributed by atoms with Gasteiger partial charge in [0.25, 0.3) is 0 Å². The molecule has 0 amide bonds. The van der Waals surface area contributed by atoms with Gasteiger partial charge in [-0.1, -0.05) is 17.7 Å². The summed E-state index contributed by atoms with van der Waals surface area (Å²) in [6.45, 7) is 2.36. The van der Waals surface area contributed by atoms with Crippen molar-refractivity contribution in [2.75, 3.05) is 6.61 Å². The molecule has 0 aliphatic carbocycles. The minimum atomic E-state index is -0.502. The third kappa shape index (κ3) is 1.54. The molecular weight excluding hydrogens is 240 g/mol. The Hall–Kier alpha value is -1.74. The zero-order valence-electron chi connectivity index (χ0n) is 9.12. The van der Waals surface area contributed by atoms with Crippen LogP contribution in [0.5, 0.6) is 5.75 Å². The lowest BCUT2D eigenvalue weighted by molar-refractivity contribution is 0.359.